The molecule has 1 aliphatic rings. The van der Waals surface area contributed by atoms with E-state index in [9.17, 15) is 9.90 Å². The van der Waals surface area contributed by atoms with E-state index in [1.807, 2.05) is 0 Å². The van der Waals surface area contributed by atoms with Crippen molar-refractivity contribution in [3.05, 3.63) is 41.5 Å². The number of benzene rings is 1. The SMILES string of the molecule is O=C([O-])c1cc(/C=N\n2cnnc2)c2c(c1)COCO2. The van der Waals surface area contributed by atoms with Gasteiger partial charge in [-0.15, -0.1) is 10.2 Å². The van der Waals surface area contributed by atoms with Crippen LogP contribution in [0.2, 0.25) is 0 Å². The molecule has 2 aromatic rings. The number of aromatic nitrogens is 3. The standard InChI is InChI=1S/C12H10N4O4/c17-12(18)8-1-9(3-15-16-5-13-14-6-16)11-10(2-8)4-19-7-20-11/h1-3,5-6H,4,7H2,(H,17,18)/p-1/b15-3-. The van der Waals surface area contributed by atoms with Gasteiger partial charge in [0.25, 0.3) is 0 Å². The lowest BCUT2D eigenvalue weighted by atomic mass is 10.0. The number of ether oxygens (including phenoxy) is 2. The highest BCUT2D eigenvalue weighted by atomic mass is 16.7. The summed E-state index contributed by atoms with van der Waals surface area (Å²) in [6.45, 7) is 0.398. The largest absolute Gasteiger partial charge is 0.545 e. The number of carboxylic acid groups (broad SMARTS) is 1. The van der Waals surface area contributed by atoms with E-state index in [2.05, 4.69) is 15.3 Å². The second kappa shape index (κ2) is 5.10. The van der Waals surface area contributed by atoms with Gasteiger partial charge in [-0.3, -0.25) is 0 Å². The Hall–Kier alpha value is -2.74. The molecular weight excluding hydrogens is 264 g/mol. The van der Waals surface area contributed by atoms with Crippen LogP contribution < -0.4 is 9.84 Å². The molecule has 20 heavy (non-hydrogen) atoms. The van der Waals surface area contributed by atoms with Crippen molar-refractivity contribution < 1.29 is 19.4 Å². The predicted molar refractivity (Wildman–Crippen MR) is 64.1 cm³/mol. The van der Waals surface area contributed by atoms with Gasteiger partial charge in [-0.2, -0.15) is 5.10 Å². The Kier molecular flexibility index (Phi) is 3.13. The number of hydrogen-bond donors (Lipinski definition) is 0. The average molecular weight is 273 g/mol. The lowest BCUT2D eigenvalue weighted by Crippen LogP contribution is -2.23. The molecule has 1 aliphatic heterocycles. The topological polar surface area (TPSA) is 102 Å². The number of fused-ring (bicyclic) bond motifs is 1. The zero-order valence-corrected chi connectivity index (χ0v) is 10.2. The van der Waals surface area contributed by atoms with Crippen LogP contribution in [0.3, 0.4) is 0 Å². The van der Waals surface area contributed by atoms with Gasteiger partial charge in [-0.05, 0) is 17.7 Å². The van der Waals surface area contributed by atoms with E-state index in [4.69, 9.17) is 9.47 Å². The maximum absolute atomic E-state index is 11.0. The van der Waals surface area contributed by atoms with Crippen molar-refractivity contribution >= 4 is 12.2 Å². The molecule has 1 aromatic carbocycles. The van der Waals surface area contributed by atoms with E-state index >= 15 is 0 Å². The van der Waals surface area contributed by atoms with Crippen LogP contribution in [-0.4, -0.2) is 33.9 Å². The van der Waals surface area contributed by atoms with Gasteiger partial charge in [0.05, 0.1) is 18.8 Å². The summed E-state index contributed by atoms with van der Waals surface area (Å²) in [5, 5.41) is 22.3. The molecule has 0 N–H and O–H groups in total. The van der Waals surface area contributed by atoms with Crippen molar-refractivity contribution in [1.29, 1.82) is 0 Å². The van der Waals surface area contributed by atoms with Crippen molar-refractivity contribution in [2.75, 3.05) is 6.79 Å². The minimum Gasteiger partial charge on any atom is -0.545 e. The lowest BCUT2D eigenvalue weighted by molar-refractivity contribution is -0.255. The van der Waals surface area contributed by atoms with Crippen LogP contribution in [-0.2, 0) is 11.3 Å². The van der Waals surface area contributed by atoms with Crippen molar-refractivity contribution in [1.82, 2.24) is 14.9 Å². The Morgan fingerprint density at radius 1 is 1.40 bits per heavy atom. The monoisotopic (exact) mass is 273 g/mol. The first-order valence-corrected chi connectivity index (χ1v) is 5.72. The molecule has 1 aromatic heterocycles. The van der Waals surface area contributed by atoms with Gasteiger partial charge in [-0.25, -0.2) is 4.68 Å². The zero-order chi connectivity index (χ0) is 13.9. The highest BCUT2D eigenvalue weighted by molar-refractivity contribution is 5.92. The summed E-state index contributed by atoms with van der Waals surface area (Å²) >= 11 is 0. The molecule has 2 heterocycles. The first kappa shape index (κ1) is 12.3. The van der Waals surface area contributed by atoms with Gasteiger partial charge in [0, 0.05) is 11.1 Å². The van der Waals surface area contributed by atoms with Gasteiger partial charge in [0.1, 0.15) is 18.4 Å². The molecule has 102 valence electrons. The fourth-order valence-corrected chi connectivity index (χ4v) is 1.85. The third kappa shape index (κ3) is 2.36. The van der Waals surface area contributed by atoms with E-state index in [0.29, 0.717) is 16.9 Å². The Morgan fingerprint density at radius 2 is 2.20 bits per heavy atom. The summed E-state index contributed by atoms with van der Waals surface area (Å²) in [4.78, 5) is 11.0. The summed E-state index contributed by atoms with van der Waals surface area (Å²) < 4.78 is 11.9. The maximum atomic E-state index is 11.0. The molecule has 8 nitrogen and oxygen atoms in total. The van der Waals surface area contributed by atoms with Gasteiger partial charge in [-0.1, -0.05) is 0 Å². The highest BCUT2D eigenvalue weighted by Crippen LogP contribution is 2.28. The third-order valence-electron chi connectivity index (χ3n) is 2.71. The van der Waals surface area contributed by atoms with Crippen LogP contribution in [0.25, 0.3) is 0 Å². The number of aromatic carboxylic acids is 1. The fraction of sp³-hybridized carbons (Fsp3) is 0.167. The number of nitrogens with zero attached hydrogens (tertiary/aromatic N) is 4. The first-order chi connectivity index (χ1) is 9.74. The van der Waals surface area contributed by atoms with Crippen LogP contribution in [0.1, 0.15) is 21.5 Å². The average Bonchev–Trinajstić information content (AvgIpc) is 2.97. The van der Waals surface area contributed by atoms with Gasteiger partial charge >= 0.3 is 0 Å². The molecule has 0 aliphatic carbocycles. The van der Waals surface area contributed by atoms with Gasteiger partial charge < -0.3 is 19.4 Å². The predicted octanol–water partition coefficient (Wildman–Crippen LogP) is -0.610. The van der Waals surface area contributed by atoms with E-state index in [1.54, 1.807) is 0 Å². The molecule has 0 radical (unpaired) electrons. The van der Waals surface area contributed by atoms with Crippen LogP contribution in [0.15, 0.2) is 29.9 Å². The first-order valence-electron chi connectivity index (χ1n) is 5.72. The van der Waals surface area contributed by atoms with Crippen LogP contribution in [0.4, 0.5) is 0 Å². The number of rotatable bonds is 3. The van der Waals surface area contributed by atoms with E-state index in [0.717, 1.165) is 0 Å². The lowest BCUT2D eigenvalue weighted by Gasteiger charge is -2.20. The minimum absolute atomic E-state index is 0.0445. The second-order valence-electron chi connectivity index (χ2n) is 4.04. The Balaban J connectivity index is 2.03. The molecule has 0 bridgehead atoms. The highest BCUT2D eigenvalue weighted by Gasteiger charge is 2.16. The molecule has 0 amide bonds. The van der Waals surface area contributed by atoms with Crippen molar-refractivity contribution in [3.8, 4) is 5.75 Å². The summed E-state index contributed by atoms with van der Waals surface area (Å²) in [6.07, 6.45) is 4.30. The summed E-state index contributed by atoms with van der Waals surface area (Å²) in [5.41, 5.74) is 1.21. The number of carbonyl (C=O) groups excluding carboxylic acids is 1. The molecule has 0 saturated carbocycles. The molecule has 0 spiro atoms. The minimum atomic E-state index is -1.27. The van der Waals surface area contributed by atoms with Gasteiger partial charge in [0.15, 0.2) is 6.79 Å². The van der Waals surface area contributed by atoms with Crippen molar-refractivity contribution in [2.45, 2.75) is 6.61 Å². The van der Waals surface area contributed by atoms with Crippen LogP contribution >= 0.6 is 0 Å². The molecule has 0 saturated heterocycles. The number of hydrogen-bond acceptors (Lipinski definition) is 7. The third-order valence-corrected chi connectivity index (χ3v) is 2.71. The van der Waals surface area contributed by atoms with Crippen molar-refractivity contribution in [2.24, 2.45) is 5.10 Å². The summed E-state index contributed by atoms with van der Waals surface area (Å²) in [7, 11) is 0. The Labute approximate surface area is 113 Å². The van der Waals surface area contributed by atoms with Crippen LogP contribution in [0.5, 0.6) is 5.75 Å². The smallest absolute Gasteiger partial charge is 0.189 e. The van der Waals surface area contributed by atoms with Crippen LogP contribution in [0, 0.1) is 0 Å². The molecular formula is C12H9N4O4-. The quantitative estimate of drug-likeness (QED) is 0.691. The summed E-state index contributed by atoms with van der Waals surface area (Å²) in [5.74, 6) is -0.713. The molecule has 8 heteroatoms. The zero-order valence-electron chi connectivity index (χ0n) is 10.2. The summed E-state index contributed by atoms with van der Waals surface area (Å²) in [6, 6.07) is 2.91. The molecule has 0 unspecified atom stereocenters. The number of carboxylic acids is 1. The number of carbonyl (C=O) groups is 1. The molecule has 3 rings (SSSR count). The van der Waals surface area contributed by atoms with E-state index in [-0.39, 0.29) is 19.0 Å². The second-order valence-corrected chi connectivity index (χ2v) is 4.04. The van der Waals surface area contributed by atoms with Crippen molar-refractivity contribution in [3.63, 3.8) is 0 Å². The van der Waals surface area contributed by atoms with Gasteiger partial charge in [0.2, 0.25) is 0 Å². The Bertz CT molecular complexity index is 666. The maximum Gasteiger partial charge on any atom is 0.189 e. The molecule has 0 atom stereocenters. The normalized spacial score (nSPS) is 14.0. The molecule has 0 fully saturated rings. The van der Waals surface area contributed by atoms with E-state index < -0.39 is 5.97 Å². The van der Waals surface area contributed by atoms with E-state index in [1.165, 1.54) is 35.7 Å². The Morgan fingerprint density at radius 3 is 2.95 bits per heavy atom. The fourth-order valence-electron chi connectivity index (χ4n) is 1.85.